The van der Waals surface area contributed by atoms with Gasteiger partial charge in [0.1, 0.15) is 0 Å². The Morgan fingerprint density at radius 3 is 1.58 bits per heavy atom. The smallest absolute Gasteiger partial charge is 0.297 e. The fraction of sp³-hybridized carbons (Fsp3) is 0.200. The Morgan fingerprint density at radius 1 is 0.833 bits per heavy atom. The van der Waals surface area contributed by atoms with Crippen LogP contribution in [0.2, 0.25) is 0 Å². The van der Waals surface area contributed by atoms with Gasteiger partial charge >= 0.3 is 6.99 Å². The number of hydrogen-bond acceptors (Lipinski definition) is 0. The first kappa shape index (κ1) is 10.2. The van der Waals surface area contributed by atoms with E-state index in [4.69, 9.17) is 0 Å². The van der Waals surface area contributed by atoms with E-state index < -0.39 is 6.99 Å². The Hall–Kier alpha value is -1.77. The number of rotatable bonds is 0. The van der Waals surface area contributed by atoms with E-state index >= 15 is 0 Å². The second-order valence-electron chi connectivity index (χ2n) is 1.65. The van der Waals surface area contributed by atoms with Gasteiger partial charge in [-0.15, -0.1) is 0 Å². The Morgan fingerprint density at radius 2 is 1.25 bits per heavy atom. The summed E-state index contributed by atoms with van der Waals surface area (Å²) in [6.07, 6.45) is 0. The zero-order chi connectivity index (χ0) is 9.23. The van der Waals surface area contributed by atoms with Crippen molar-refractivity contribution in [3.05, 3.63) is 0 Å². The molecule has 0 fully saturated rings. The van der Waals surface area contributed by atoms with Crippen LogP contribution in [0.3, 0.4) is 0 Å². The van der Waals surface area contributed by atoms with Gasteiger partial charge in [-0.3, -0.25) is 4.32 Å². The monoisotopic (exact) mass is 156 g/mol. The normalized spacial score (nSPS) is 4.92. The molecule has 0 aromatic rings. The Bertz CT molecular complexity index is 327. The van der Waals surface area contributed by atoms with Crippen molar-refractivity contribution in [2.45, 2.75) is 13.8 Å². The minimum absolute atomic E-state index is 1.45. The Balaban J connectivity index is 4.14. The zero-order valence-corrected chi connectivity index (χ0v) is 6.96. The van der Waals surface area contributed by atoms with E-state index in [1.54, 1.807) is 13.8 Å². The summed E-state index contributed by atoms with van der Waals surface area (Å²) in [5.41, 5.74) is 0. The minimum Gasteiger partial charge on any atom is -0.297 e. The molecule has 0 N–H and O–H groups in total. The molecule has 56 valence electrons. The van der Waals surface area contributed by atoms with Crippen LogP contribution in [0.1, 0.15) is 13.8 Å². The molecule has 0 bridgehead atoms. The van der Waals surface area contributed by atoms with E-state index in [1.165, 1.54) is 0 Å². The van der Waals surface area contributed by atoms with Gasteiger partial charge in [-0.05, 0) is 37.5 Å². The van der Waals surface area contributed by atoms with Crippen molar-refractivity contribution in [2.24, 2.45) is 0 Å². The third kappa shape index (κ3) is 6.36. The molecule has 0 aliphatic carbocycles. The lowest BCUT2D eigenvalue weighted by Crippen LogP contribution is -1.96. The van der Waals surface area contributed by atoms with Gasteiger partial charge in [0.05, 0.1) is 0 Å². The summed E-state index contributed by atoms with van der Waals surface area (Å²) >= 11 is 0. The highest BCUT2D eigenvalue weighted by Gasteiger charge is 2.02. The maximum Gasteiger partial charge on any atom is 0.513 e. The van der Waals surface area contributed by atoms with E-state index in [0.717, 1.165) is 0 Å². The molecule has 12 heavy (non-hydrogen) atoms. The van der Waals surface area contributed by atoms with Crippen LogP contribution in [0, 0.1) is 47.2 Å². The number of hydrogen-bond donors (Lipinski definition) is 0. The van der Waals surface area contributed by atoms with Gasteiger partial charge in [0.15, 0.2) is 0 Å². The lowest BCUT2D eigenvalue weighted by molar-refractivity contribution is 0.870. The summed E-state index contributed by atoms with van der Waals surface area (Å²) < 4.78 is 12.6. The van der Waals surface area contributed by atoms with Crippen molar-refractivity contribution in [1.82, 2.24) is 0 Å². The maximum absolute atomic E-state index is 12.6. The molecule has 0 aromatic carbocycles. The third-order valence-electron chi connectivity index (χ3n) is 0.773. The summed E-state index contributed by atoms with van der Waals surface area (Å²) in [5.74, 6) is 18.9. The van der Waals surface area contributed by atoms with Crippen LogP contribution in [0.15, 0.2) is 0 Å². The van der Waals surface area contributed by atoms with Crippen molar-refractivity contribution >= 4 is 6.99 Å². The van der Waals surface area contributed by atoms with Gasteiger partial charge in [-0.1, -0.05) is 23.5 Å². The quantitative estimate of drug-likeness (QED) is 0.363. The van der Waals surface area contributed by atoms with Crippen LogP contribution in [-0.2, 0) is 0 Å². The maximum atomic E-state index is 12.6. The summed E-state index contributed by atoms with van der Waals surface area (Å²) in [6.45, 7) is 1.82. The molecule has 0 aliphatic rings. The molecule has 0 heterocycles. The largest absolute Gasteiger partial charge is 0.513 e. The molecule has 0 radical (unpaired) electrons. The van der Waals surface area contributed by atoms with Gasteiger partial charge in [-0.2, -0.15) is 0 Å². The molecule has 0 nitrogen and oxygen atoms in total. The summed E-state index contributed by atoms with van der Waals surface area (Å²) in [7, 11) is 0. The molecule has 0 amide bonds. The van der Waals surface area contributed by atoms with Crippen molar-refractivity contribution < 1.29 is 4.32 Å². The fourth-order valence-electron chi connectivity index (χ4n) is 0.360. The molecule has 0 saturated heterocycles. The van der Waals surface area contributed by atoms with Gasteiger partial charge in [0.2, 0.25) is 0 Å². The van der Waals surface area contributed by atoms with Gasteiger partial charge in [-0.25, -0.2) is 0 Å². The first-order chi connectivity index (χ1) is 5.81. The zero-order valence-electron chi connectivity index (χ0n) is 6.96. The fourth-order valence-corrected chi connectivity index (χ4v) is 0.360. The van der Waals surface area contributed by atoms with Crippen LogP contribution in [0.5, 0.6) is 0 Å². The second kappa shape index (κ2) is 7.34. The van der Waals surface area contributed by atoms with Crippen molar-refractivity contribution in [3.8, 4) is 47.2 Å². The second-order valence-corrected chi connectivity index (χ2v) is 1.65. The average molecular weight is 156 g/mol. The molecule has 2 heteroatoms. The van der Waals surface area contributed by atoms with E-state index in [2.05, 4.69) is 47.2 Å². The first-order valence-electron chi connectivity index (χ1n) is 3.30. The molecular weight excluding hydrogens is 150 g/mol. The Kier molecular flexibility index (Phi) is 6.26. The molecule has 0 aromatic heterocycles. The van der Waals surface area contributed by atoms with Crippen molar-refractivity contribution in [2.75, 3.05) is 0 Å². The van der Waals surface area contributed by atoms with Crippen molar-refractivity contribution in [3.63, 3.8) is 0 Å². The molecule has 0 saturated carbocycles. The van der Waals surface area contributed by atoms with Gasteiger partial charge in [0, 0.05) is 0 Å². The average Bonchev–Trinajstić information content (AvgIpc) is 2.06. The third-order valence-corrected chi connectivity index (χ3v) is 0.773. The van der Waals surface area contributed by atoms with Crippen LogP contribution in [0.25, 0.3) is 0 Å². The molecular formula is C10H6BF. The standard InChI is InChI=1S/C10H6BF/c1-3-5-7-9-11(12)10-8-6-4-2/h1-2H3. The first-order valence-corrected chi connectivity index (χ1v) is 3.30. The lowest BCUT2D eigenvalue weighted by atomic mass is 9.74. The van der Waals surface area contributed by atoms with Gasteiger partial charge < -0.3 is 0 Å². The topological polar surface area (TPSA) is 0 Å². The Labute approximate surface area is 73.1 Å². The minimum atomic E-state index is -1.45. The van der Waals surface area contributed by atoms with Crippen LogP contribution in [0.4, 0.5) is 4.32 Å². The molecule has 0 unspecified atom stereocenters. The number of halogens is 1. The predicted octanol–water partition coefficient (Wildman–Crippen LogP) is 1.08. The lowest BCUT2D eigenvalue weighted by Gasteiger charge is -1.72. The van der Waals surface area contributed by atoms with Crippen molar-refractivity contribution in [1.29, 1.82) is 0 Å². The molecule has 0 rings (SSSR count). The van der Waals surface area contributed by atoms with Gasteiger partial charge in [0.25, 0.3) is 0 Å². The molecule has 0 atom stereocenters. The molecule has 0 aliphatic heterocycles. The SMILES string of the molecule is CC#CC#CB(F)C#CC#CC. The highest BCUT2D eigenvalue weighted by Crippen LogP contribution is 1.76. The van der Waals surface area contributed by atoms with E-state index in [0.29, 0.717) is 0 Å². The van der Waals surface area contributed by atoms with Crippen LogP contribution >= 0.6 is 0 Å². The summed E-state index contributed by atoms with van der Waals surface area (Å²) in [6, 6.07) is 0. The van der Waals surface area contributed by atoms with E-state index in [1.807, 2.05) is 0 Å². The summed E-state index contributed by atoms with van der Waals surface area (Å²) in [5, 5.41) is 0. The van der Waals surface area contributed by atoms with Crippen LogP contribution < -0.4 is 0 Å². The summed E-state index contributed by atoms with van der Waals surface area (Å²) in [4.78, 5) is 0. The highest BCUT2D eigenvalue weighted by atomic mass is 19.1. The van der Waals surface area contributed by atoms with Crippen LogP contribution in [-0.4, -0.2) is 6.99 Å². The van der Waals surface area contributed by atoms with E-state index in [-0.39, 0.29) is 0 Å². The van der Waals surface area contributed by atoms with E-state index in [9.17, 15) is 4.32 Å². The highest BCUT2D eigenvalue weighted by molar-refractivity contribution is 6.69. The predicted molar refractivity (Wildman–Crippen MR) is 49.3 cm³/mol. The molecule has 0 spiro atoms.